The van der Waals surface area contributed by atoms with Crippen molar-refractivity contribution in [3.63, 3.8) is 0 Å². The second kappa shape index (κ2) is 4.84. The van der Waals surface area contributed by atoms with E-state index >= 15 is 0 Å². The van der Waals surface area contributed by atoms with Crippen LogP contribution in [0.3, 0.4) is 0 Å². The molecule has 0 spiro atoms. The van der Waals surface area contributed by atoms with E-state index in [2.05, 4.69) is 11.3 Å². The Balaban J connectivity index is 3.13. The fraction of sp³-hybridized carbons (Fsp3) is 0. The predicted molar refractivity (Wildman–Crippen MR) is 21.5 cm³/mol. The molecule has 1 radical (unpaired) electrons. The summed E-state index contributed by atoms with van der Waals surface area (Å²) in [4.78, 5) is 3.76. The molecule has 0 aromatic carbocycles. The first-order valence-electron chi connectivity index (χ1n) is 1.40. The van der Waals surface area contributed by atoms with Crippen molar-refractivity contribution in [3.8, 4) is 24.4 Å². The van der Waals surface area contributed by atoms with Crippen molar-refractivity contribution < 1.29 is 10.0 Å². The van der Waals surface area contributed by atoms with E-state index in [1.165, 1.54) is 0 Å². The quantitative estimate of drug-likeness (QED) is 0.351. The molecule has 0 bridgehead atoms. The molecule has 0 rings (SSSR count). The van der Waals surface area contributed by atoms with Crippen LogP contribution in [0.15, 0.2) is 0 Å². The fourth-order valence-electron chi connectivity index (χ4n) is 0.0758. The molecular formula is C4H2NO2. The van der Waals surface area contributed by atoms with Crippen molar-refractivity contribution in [2.45, 2.75) is 0 Å². The molecule has 0 aromatic rings. The predicted octanol–water partition coefficient (Wildman–Crippen LogP) is -0.553. The van der Waals surface area contributed by atoms with Crippen LogP contribution in [0.25, 0.3) is 0 Å². The summed E-state index contributed by atoms with van der Waals surface area (Å²) in [7, 11) is 0. The van der Waals surface area contributed by atoms with E-state index in [0.717, 1.165) is 5.64 Å². The molecule has 3 heteroatoms. The Labute approximate surface area is 41.2 Å². The van der Waals surface area contributed by atoms with Crippen molar-refractivity contribution in [3.05, 3.63) is 0 Å². The fourth-order valence-corrected chi connectivity index (χ4v) is 0.0758. The van der Waals surface area contributed by atoms with Gasteiger partial charge in [-0.15, -0.1) is 6.42 Å². The monoisotopic (exact) mass is 96.0 g/mol. The van der Waals surface area contributed by atoms with Crippen LogP contribution in [-0.2, 0) is 10.0 Å². The maximum Gasteiger partial charge on any atom is 0.155 e. The SMILES string of the molecule is C#CC#CON[O]. The lowest BCUT2D eigenvalue weighted by Gasteiger charge is -1.77. The Hall–Kier alpha value is -1.16. The summed E-state index contributed by atoms with van der Waals surface area (Å²) >= 11 is 0. The number of rotatable bonds is 1. The zero-order valence-corrected chi connectivity index (χ0v) is 3.39. The lowest BCUT2D eigenvalue weighted by Crippen LogP contribution is -1.99. The molecule has 1 N–H and O–H groups in total. The zero-order chi connectivity index (χ0) is 5.54. The lowest BCUT2D eigenvalue weighted by atomic mass is 10.7. The minimum absolute atomic E-state index is 1.08. The molecule has 0 saturated carbocycles. The highest BCUT2D eigenvalue weighted by Gasteiger charge is 1.61. The van der Waals surface area contributed by atoms with Crippen molar-refractivity contribution in [2.24, 2.45) is 0 Å². The summed E-state index contributed by atoms with van der Waals surface area (Å²) in [5.74, 6) is 3.98. The molecule has 0 aromatic heterocycles. The number of nitrogens with one attached hydrogen (secondary N) is 1. The third-order valence-corrected chi connectivity index (χ3v) is 0.216. The molecule has 35 valence electrons. The molecule has 3 nitrogen and oxygen atoms in total. The molecule has 0 amide bonds. The van der Waals surface area contributed by atoms with Crippen LogP contribution in [0.1, 0.15) is 0 Å². The minimum atomic E-state index is 1.08. The molecule has 0 saturated heterocycles. The Bertz CT molecular complexity index is 125. The van der Waals surface area contributed by atoms with Crippen LogP contribution in [0.5, 0.6) is 0 Å². The van der Waals surface area contributed by atoms with Gasteiger partial charge in [0.1, 0.15) is 0 Å². The van der Waals surface area contributed by atoms with Gasteiger partial charge < -0.3 is 4.84 Å². The topological polar surface area (TPSA) is 41.2 Å². The molecular weight excluding hydrogens is 94.0 g/mol. The summed E-state index contributed by atoms with van der Waals surface area (Å²) < 4.78 is 0. The van der Waals surface area contributed by atoms with Crippen molar-refractivity contribution in [1.82, 2.24) is 5.64 Å². The van der Waals surface area contributed by atoms with Gasteiger partial charge in [0, 0.05) is 11.6 Å². The normalized spacial score (nSPS) is 5.14. The molecule has 0 heterocycles. The van der Waals surface area contributed by atoms with Gasteiger partial charge in [-0.05, 0) is 5.92 Å². The van der Waals surface area contributed by atoms with Gasteiger partial charge in [0.15, 0.2) is 6.11 Å². The maximum absolute atomic E-state index is 9.16. The van der Waals surface area contributed by atoms with Crippen LogP contribution in [-0.4, -0.2) is 0 Å². The summed E-state index contributed by atoms with van der Waals surface area (Å²) in [6.07, 6.45) is 6.51. The Kier molecular flexibility index (Phi) is 4.04. The van der Waals surface area contributed by atoms with Gasteiger partial charge in [-0.3, -0.25) is 0 Å². The van der Waals surface area contributed by atoms with Gasteiger partial charge in [-0.25, -0.2) is 0 Å². The third kappa shape index (κ3) is 4.84. The highest BCUT2D eigenvalue weighted by atomic mass is 16.8. The van der Waals surface area contributed by atoms with E-state index in [9.17, 15) is 0 Å². The largest absolute Gasteiger partial charge is 0.327 e. The smallest absolute Gasteiger partial charge is 0.155 e. The number of hydrogen-bond acceptors (Lipinski definition) is 2. The molecule has 0 fully saturated rings. The summed E-state index contributed by atoms with van der Waals surface area (Å²) in [6, 6.07) is 0. The molecule has 0 unspecified atom stereocenters. The molecule has 0 aliphatic carbocycles. The average molecular weight is 96.1 g/mol. The highest BCUT2D eigenvalue weighted by molar-refractivity contribution is 5.18. The lowest BCUT2D eigenvalue weighted by molar-refractivity contribution is -0.119. The number of terminal acetylenes is 1. The van der Waals surface area contributed by atoms with Gasteiger partial charge in [-0.1, -0.05) is 5.21 Å². The number of hydrogen-bond donors (Lipinski definition) is 1. The molecule has 7 heavy (non-hydrogen) atoms. The second-order valence-corrected chi connectivity index (χ2v) is 0.557. The summed E-state index contributed by atoms with van der Waals surface area (Å²) in [6.45, 7) is 0. The van der Waals surface area contributed by atoms with Crippen LogP contribution in [0, 0.1) is 24.4 Å². The van der Waals surface area contributed by atoms with Crippen LogP contribution in [0.2, 0.25) is 0 Å². The van der Waals surface area contributed by atoms with E-state index in [0.29, 0.717) is 0 Å². The van der Waals surface area contributed by atoms with Crippen LogP contribution < -0.4 is 5.64 Å². The van der Waals surface area contributed by atoms with E-state index in [-0.39, 0.29) is 0 Å². The van der Waals surface area contributed by atoms with E-state index in [4.69, 9.17) is 5.21 Å². The zero-order valence-electron chi connectivity index (χ0n) is 3.39. The van der Waals surface area contributed by atoms with E-state index < -0.39 is 0 Å². The van der Waals surface area contributed by atoms with Gasteiger partial charge in [0.25, 0.3) is 0 Å². The van der Waals surface area contributed by atoms with Crippen molar-refractivity contribution in [1.29, 1.82) is 0 Å². The summed E-state index contributed by atoms with van der Waals surface area (Å²) in [5, 5.41) is 9.16. The summed E-state index contributed by atoms with van der Waals surface area (Å²) in [5.41, 5.74) is 1.08. The first kappa shape index (κ1) is 5.84. The Morgan fingerprint density at radius 3 is 2.86 bits per heavy atom. The first-order valence-corrected chi connectivity index (χ1v) is 1.40. The maximum atomic E-state index is 9.16. The second-order valence-electron chi connectivity index (χ2n) is 0.557. The standard InChI is InChI=1S/C4H2NO2/c1-2-3-4-7-5-6/h1,5H. The molecule has 0 aliphatic heterocycles. The van der Waals surface area contributed by atoms with E-state index in [1.807, 2.05) is 17.9 Å². The van der Waals surface area contributed by atoms with Crippen molar-refractivity contribution in [2.75, 3.05) is 0 Å². The van der Waals surface area contributed by atoms with E-state index in [1.54, 1.807) is 0 Å². The molecule has 0 aliphatic rings. The first-order chi connectivity index (χ1) is 3.41. The van der Waals surface area contributed by atoms with Gasteiger partial charge >= 0.3 is 0 Å². The average Bonchev–Trinajstić information content (AvgIpc) is 1.69. The van der Waals surface area contributed by atoms with Gasteiger partial charge in [0.2, 0.25) is 0 Å². The third-order valence-electron chi connectivity index (χ3n) is 0.216. The molecule has 0 atom stereocenters. The Morgan fingerprint density at radius 2 is 2.43 bits per heavy atom. The van der Waals surface area contributed by atoms with Crippen LogP contribution >= 0.6 is 0 Å². The minimum Gasteiger partial charge on any atom is -0.327 e. The van der Waals surface area contributed by atoms with Crippen LogP contribution in [0.4, 0.5) is 0 Å². The highest BCUT2D eigenvalue weighted by Crippen LogP contribution is 1.51. The Morgan fingerprint density at radius 1 is 1.71 bits per heavy atom. The van der Waals surface area contributed by atoms with Gasteiger partial charge in [0.05, 0.1) is 0 Å². The van der Waals surface area contributed by atoms with Crippen molar-refractivity contribution >= 4 is 0 Å². The van der Waals surface area contributed by atoms with Gasteiger partial charge in [-0.2, -0.15) is 0 Å².